The van der Waals surface area contributed by atoms with Gasteiger partial charge in [-0.3, -0.25) is 4.79 Å². The van der Waals surface area contributed by atoms with E-state index in [1.54, 1.807) is 30.3 Å². The van der Waals surface area contributed by atoms with Crippen molar-refractivity contribution in [1.82, 2.24) is 0 Å². The minimum atomic E-state index is -3.86. The van der Waals surface area contributed by atoms with Crippen LogP contribution in [0.15, 0.2) is 41.8 Å². The van der Waals surface area contributed by atoms with Gasteiger partial charge in [-0.15, -0.1) is 11.3 Å². The van der Waals surface area contributed by atoms with Crippen molar-refractivity contribution in [3.05, 3.63) is 52.2 Å². The first-order valence-electron chi connectivity index (χ1n) is 5.80. The number of carboxylic acids is 1. The fourth-order valence-electron chi connectivity index (χ4n) is 1.69. The second-order valence-electron chi connectivity index (χ2n) is 4.14. The van der Waals surface area contributed by atoms with Gasteiger partial charge in [-0.1, -0.05) is 24.3 Å². The van der Waals surface area contributed by atoms with E-state index in [9.17, 15) is 14.3 Å². The molecule has 7 heteroatoms. The minimum Gasteiger partial charge on any atom is -0.481 e. The van der Waals surface area contributed by atoms with Crippen LogP contribution in [-0.2, 0) is 21.9 Å². The molecule has 20 heavy (non-hydrogen) atoms. The molecule has 0 radical (unpaired) electrons. The number of aliphatic carboxylic acids is 1. The maximum Gasteiger partial charge on any atom is 0.381 e. The Morgan fingerprint density at radius 2 is 2.00 bits per heavy atom. The van der Waals surface area contributed by atoms with Crippen molar-refractivity contribution in [2.24, 2.45) is 0 Å². The Kier molecular flexibility index (Phi) is 4.60. The summed E-state index contributed by atoms with van der Waals surface area (Å²) >= 11 is 1.37. The van der Waals surface area contributed by atoms with Crippen LogP contribution in [0.2, 0.25) is 0 Å². The maximum absolute atomic E-state index is 12.1. The van der Waals surface area contributed by atoms with E-state index >= 15 is 0 Å². The molecule has 0 aliphatic carbocycles. The molecule has 5 nitrogen and oxygen atoms in total. The molecule has 0 fully saturated rings. The van der Waals surface area contributed by atoms with Crippen molar-refractivity contribution in [3.8, 4) is 5.75 Å². The van der Waals surface area contributed by atoms with Crippen LogP contribution in [0.4, 0.5) is 0 Å². The molecule has 0 aliphatic rings. The lowest BCUT2D eigenvalue weighted by atomic mass is 10.1. The van der Waals surface area contributed by atoms with E-state index in [1.807, 2.05) is 5.38 Å². The monoisotopic (exact) mass is 312 g/mol. The Morgan fingerprint density at radius 3 is 2.65 bits per heavy atom. The highest BCUT2D eigenvalue weighted by molar-refractivity contribution is 7.52. The minimum absolute atomic E-state index is 0.0912. The van der Waals surface area contributed by atoms with E-state index in [2.05, 4.69) is 0 Å². The number of thiophene rings is 1. The summed E-state index contributed by atoms with van der Waals surface area (Å²) in [7, 11) is -3.86. The van der Waals surface area contributed by atoms with Crippen molar-refractivity contribution < 1.29 is 23.9 Å². The third-order valence-electron chi connectivity index (χ3n) is 2.49. The Labute approximate surface area is 120 Å². The second-order valence-corrected chi connectivity index (χ2v) is 6.95. The fourth-order valence-corrected chi connectivity index (χ4v) is 4.01. The van der Waals surface area contributed by atoms with Gasteiger partial charge in [-0.05, 0) is 17.5 Å². The average molecular weight is 312 g/mol. The lowest BCUT2D eigenvalue weighted by Crippen LogP contribution is -2.03. The summed E-state index contributed by atoms with van der Waals surface area (Å²) in [5.74, 6) is -0.885. The highest BCUT2D eigenvalue weighted by Gasteiger charge is 2.24. The first-order chi connectivity index (χ1) is 9.46. The SMILES string of the molecule is O=C(O)Cc1ccccc1OP(=O)(O)Cc1cccs1. The number of para-hydroxylation sites is 1. The van der Waals surface area contributed by atoms with E-state index in [0.717, 1.165) is 4.88 Å². The number of benzene rings is 1. The van der Waals surface area contributed by atoms with E-state index in [1.165, 1.54) is 17.4 Å². The van der Waals surface area contributed by atoms with Crippen molar-refractivity contribution in [2.45, 2.75) is 12.6 Å². The van der Waals surface area contributed by atoms with Crippen molar-refractivity contribution >= 4 is 24.9 Å². The molecule has 0 aliphatic heterocycles. The van der Waals surface area contributed by atoms with Gasteiger partial charge >= 0.3 is 13.6 Å². The first-order valence-corrected chi connectivity index (χ1v) is 8.44. The Morgan fingerprint density at radius 1 is 1.25 bits per heavy atom. The summed E-state index contributed by atoms with van der Waals surface area (Å²) in [6, 6.07) is 9.89. The van der Waals surface area contributed by atoms with Crippen molar-refractivity contribution in [1.29, 1.82) is 0 Å². The predicted molar refractivity (Wildman–Crippen MR) is 76.3 cm³/mol. The molecule has 0 bridgehead atoms. The molecule has 2 rings (SSSR count). The highest BCUT2D eigenvalue weighted by atomic mass is 32.1. The first kappa shape index (κ1) is 14.8. The maximum atomic E-state index is 12.1. The number of carboxylic acid groups (broad SMARTS) is 1. The molecule has 106 valence electrons. The molecule has 2 N–H and O–H groups in total. The van der Waals surface area contributed by atoms with Crippen LogP contribution in [0.25, 0.3) is 0 Å². The molecule has 1 heterocycles. The van der Waals surface area contributed by atoms with E-state index in [-0.39, 0.29) is 18.3 Å². The van der Waals surface area contributed by atoms with Crippen LogP contribution in [0.3, 0.4) is 0 Å². The topological polar surface area (TPSA) is 83.8 Å². The molecule has 0 spiro atoms. The summed E-state index contributed by atoms with van der Waals surface area (Å²) in [6.45, 7) is 0. The lowest BCUT2D eigenvalue weighted by Gasteiger charge is -2.15. The molecule has 0 amide bonds. The number of rotatable bonds is 6. The number of hydrogen-bond acceptors (Lipinski definition) is 4. The zero-order chi connectivity index (χ0) is 14.6. The van der Waals surface area contributed by atoms with Gasteiger partial charge in [0, 0.05) is 10.4 Å². The predicted octanol–water partition coefficient (Wildman–Crippen LogP) is 3.14. The van der Waals surface area contributed by atoms with Crippen LogP contribution in [0.1, 0.15) is 10.4 Å². The van der Waals surface area contributed by atoms with E-state index in [4.69, 9.17) is 9.63 Å². The molecule has 1 aromatic heterocycles. The molecule has 0 saturated carbocycles. The van der Waals surface area contributed by atoms with Gasteiger partial charge in [-0.25, -0.2) is 4.57 Å². The fraction of sp³-hybridized carbons (Fsp3) is 0.154. The standard InChI is InChI=1S/C13H13O5PS/c14-13(15)8-10-4-1-2-6-12(10)18-19(16,17)9-11-5-3-7-20-11/h1-7H,8-9H2,(H,14,15)(H,16,17). The average Bonchev–Trinajstić information content (AvgIpc) is 2.82. The Balaban J connectivity index is 2.16. The molecule has 1 aromatic carbocycles. The third-order valence-corrected chi connectivity index (χ3v) is 4.80. The highest BCUT2D eigenvalue weighted by Crippen LogP contribution is 2.47. The largest absolute Gasteiger partial charge is 0.481 e. The van der Waals surface area contributed by atoms with Crippen molar-refractivity contribution in [2.75, 3.05) is 0 Å². The Hall–Kier alpha value is -1.62. The molecule has 2 aromatic rings. The number of hydrogen-bond donors (Lipinski definition) is 2. The van der Waals surface area contributed by atoms with Gasteiger partial charge in [0.25, 0.3) is 0 Å². The normalized spacial score (nSPS) is 13.7. The van der Waals surface area contributed by atoms with Gasteiger partial charge in [0.15, 0.2) is 0 Å². The van der Waals surface area contributed by atoms with Gasteiger partial charge in [-0.2, -0.15) is 0 Å². The molecule has 1 unspecified atom stereocenters. The van der Waals surface area contributed by atoms with Gasteiger partial charge < -0.3 is 14.5 Å². The molecular weight excluding hydrogens is 299 g/mol. The van der Waals surface area contributed by atoms with E-state index in [0.29, 0.717) is 5.56 Å². The van der Waals surface area contributed by atoms with Gasteiger partial charge in [0.1, 0.15) is 5.75 Å². The second kappa shape index (κ2) is 6.22. The summed E-state index contributed by atoms with van der Waals surface area (Å²) in [5, 5.41) is 10.6. The zero-order valence-electron chi connectivity index (χ0n) is 10.4. The van der Waals surface area contributed by atoms with Crippen LogP contribution in [-0.4, -0.2) is 16.0 Å². The summed E-state index contributed by atoms with van der Waals surface area (Å²) in [5.41, 5.74) is 0.375. The molecule has 1 atom stereocenters. The van der Waals surface area contributed by atoms with Crippen LogP contribution < -0.4 is 4.52 Å². The number of carbonyl (C=O) groups is 1. The van der Waals surface area contributed by atoms with Gasteiger partial charge in [0.05, 0.1) is 12.6 Å². The van der Waals surface area contributed by atoms with Crippen LogP contribution in [0.5, 0.6) is 5.75 Å². The Bertz CT molecular complexity index is 638. The third kappa shape index (κ3) is 4.20. The lowest BCUT2D eigenvalue weighted by molar-refractivity contribution is -0.136. The quantitative estimate of drug-likeness (QED) is 0.801. The van der Waals surface area contributed by atoms with Crippen LogP contribution >= 0.6 is 18.9 Å². The smallest absolute Gasteiger partial charge is 0.381 e. The van der Waals surface area contributed by atoms with Crippen molar-refractivity contribution in [3.63, 3.8) is 0 Å². The summed E-state index contributed by atoms with van der Waals surface area (Å²) in [6.07, 6.45) is -0.346. The van der Waals surface area contributed by atoms with Gasteiger partial charge in [0.2, 0.25) is 0 Å². The molecular formula is C13H13O5PS. The summed E-state index contributed by atoms with van der Waals surface area (Å²) in [4.78, 5) is 21.4. The van der Waals surface area contributed by atoms with Crippen LogP contribution in [0, 0.1) is 0 Å². The summed E-state index contributed by atoms with van der Waals surface area (Å²) < 4.78 is 17.2. The van der Waals surface area contributed by atoms with E-state index < -0.39 is 13.6 Å². The zero-order valence-corrected chi connectivity index (χ0v) is 12.1. The molecule has 0 saturated heterocycles.